The fraction of sp³-hybridized carbons (Fsp3) is 0.226. The second kappa shape index (κ2) is 11.1. The van der Waals surface area contributed by atoms with Gasteiger partial charge >= 0.3 is 0 Å². The highest BCUT2D eigenvalue weighted by Gasteiger charge is 2.42. The van der Waals surface area contributed by atoms with Crippen LogP contribution in [0.4, 0.5) is 15.8 Å². The number of carbonyl (C=O) groups is 1. The number of ether oxygens (including phenoxy) is 1. The Bertz CT molecular complexity index is 1690. The number of nitro groups is 1. The van der Waals surface area contributed by atoms with Crippen LogP contribution >= 0.6 is 11.6 Å². The third-order valence-electron chi connectivity index (χ3n) is 7.51. The molecule has 0 bridgehead atoms. The van der Waals surface area contributed by atoms with Crippen LogP contribution in [-0.2, 0) is 11.4 Å². The van der Waals surface area contributed by atoms with Crippen molar-refractivity contribution in [3.05, 3.63) is 120 Å². The number of anilines is 1. The number of nitriles is 1. The van der Waals surface area contributed by atoms with Gasteiger partial charge in [-0.2, -0.15) is 5.26 Å². The molecule has 1 aliphatic carbocycles. The molecule has 0 fully saturated rings. The van der Waals surface area contributed by atoms with Crippen molar-refractivity contribution < 1.29 is 18.8 Å². The van der Waals surface area contributed by atoms with E-state index in [1.54, 1.807) is 12.1 Å². The van der Waals surface area contributed by atoms with Crippen molar-refractivity contribution in [1.82, 2.24) is 0 Å². The van der Waals surface area contributed by atoms with Gasteiger partial charge < -0.3 is 10.5 Å². The predicted molar refractivity (Wildman–Crippen MR) is 153 cm³/mol. The van der Waals surface area contributed by atoms with Crippen LogP contribution in [0.15, 0.2) is 77.3 Å². The molecular formula is C31H26ClFN4O4. The number of hydrogen-bond donors (Lipinski definition) is 1. The zero-order valence-electron chi connectivity index (χ0n) is 22.4. The predicted octanol–water partition coefficient (Wildman–Crippen LogP) is 6.89. The van der Waals surface area contributed by atoms with Crippen molar-refractivity contribution in [2.24, 2.45) is 5.73 Å². The molecule has 3 aromatic rings. The summed E-state index contributed by atoms with van der Waals surface area (Å²) in [6.45, 7) is 3.99. The number of nitro benzene ring substituents is 1. The second-order valence-corrected chi connectivity index (χ2v) is 10.5. The van der Waals surface area contributed by atoms with E-state index in [2.05, 4.69) is 6.07 Å². The van der Waals surface area contributed by atoms with Crippen molar-refractivity contribution in [1.29, 1.82) is 5.26 Å². The van der Waals surface area contributed by atoms with Gasteiger partial charge in [0, 0.05) is 28.8 Å². The molecule has 1 unspecified atom stereocenters. The Morgan fingerprint density at radius 3 is 2.59 bits per heavy atom. The lowest BCUT2D eigenvalue weighted by molar-refractivity contribution is -0.384. The van der Waals surface area contributed by atoms with E-state index in [9.17, 15) is 24.6 Å². The molecule has 3 aromatic carbocycles. The smallest absolute Gasteiger partial charge is 0.294 e. The number of aryl methyl sites for hydroxylation is 1. The number of Topliss-reactive ketones (excluding diaryl/α,β-unsaturated/α-hetero) is 1. The van der Waals surface area contributed by atoms with E-state index in [0.29, 0.717) is 29.9 Å². The van der Waals surface area contributed by atoms with Crippen LogP contribution in [0.1, 0.15) is 47.4 Å². The van der Waals surface area contributed by atoms with E-state index in [1.807, 2.05) is 26.0 Å². The summed E-state index contributed by atoms with van der Waals surface area (Å²) in [5.74, 6) is -0.725. The first kappa shape index (κ1) is 27.9. The van der Waals surface area contributed by atoms with E-state index < -0.39 is 10.8 Å². The monoisotopic (exact) mass is 572 g/mol. The van der Waals surface area contributed by atoms with Crippen LogP contribution < -0.4 is 15.4 Å². The molecule has 0 saturated carbocycles. The number of ketones is 1. The molecule has 41 heavy (non-hydrogen) atoms. The van der Waals surface area contributed by atoms with Gasteiger partial charge in [-0.1, -0.05) is 29.3 Å². The molecule has 0 radical (unpaired) electrons. The Balaban J connectivity index is 1.66. The molecule has 8 nitrogen and oxygen atoms in total. The topological polar surface area (TPSA) is 122 Å². The third kappa shape index (κ3) is 5.14. The molecule has 0 amide bonds. The average Bonchev–Trinajstić information content (AvgIpc) is 2.94. The van der Waals surface area contributed by atoms with Crippen molar-refractivity contribution in [3.63, 3.8) is 0 Å². The molecule has 2 N–H and O–H groups in total. The Kier molecular flexibility index (Phi) is 7.52. The Labute approximate surface area is 241 Å². The normalized spacial score (nSPS) is 16.9. The molecule has 1 aliphatic heterocycles. The van der Waals surface area contributed by atoms with Gasteiger partial charge in [0.05, 0.1) is 22.5 Å². The summed E-state index contributed by atoms with van der Waals surface area (Å²) < 4.78 is 19.3. The van der Waals surface area contributed by atoms with Crippen LogP contribution in [0.5, 0.6) is 5.75 Å². The third-order valence-corrected chi connectivity index (χ3v) is 7.74. The van der Waals surface area contributed by atoms with Crippen LogP contribution in [-0.4, -0.2) is 10.7 Å². The number of halogens is 2. The molecule has 10 heteroatoms. The van der Waals surface area contributed by atoms with Crippen LogP contribution in [0.2, 0.25) is 5.02 Å². The lowest BCUT2D eigenvalue weighted by Crippen LogP contribution is -2.39. The van der Waals surface area contributed by atoms with E-state index in [0.717, 1.165) is 22.3 Å². The van der Waals surface area contributed by atoms with E-state index in [-0.39, 0.29) is 52.4 Å². The van der Waals surface area contributed by atoms with Crippen molar-refractivity contribution >= 4 is 28.8 Å². The van der Waals surface area contributed by atoms with Gasteiger partial charge in [0.2, 0.25) is 0 Å². The average molecular weight is 573 g/mol. The van der Waals surface area contributed by atoms with Crippen molar-refractivity contribution in [2.45, 2.75) is 45.6 Å². The zero-order valence-corrected chi connectivity index (χ0v) is 23.2. The van der Waals surface area contributed by atoms with Gasteiger partial charge in [-0.25, -0.2) is 4.39 Å². The maximum atomic E-state index is 13.6. The fourth-order valence-electron chi connectivity index (χ4n) is 5.61. The Hall–Kier alpha value is -4.68. The summed E-state index contributed by atoms with van der Waals surface area (Å²) in [5.41, 5.74) is 10.9. The maximum Gasteiger partial charge on any atom is 0.294 e. The Morgan fingerprint density at radius 2 is 1.90 bits per heavy atom. The second-order valence-electron chi connectivity index (χ2n) is 10.1. The number of nitrogens with zero attached hydrogens (tertiary/aromatic N) is 3. The SMILES string of the molecule is Cc1cc(COc2ccc(F)cc2)c(C)c(C2C(C#N)=C(N)N(c3ccc(Cl)cc3[N+](=O)[O-])C3=C2C(=O)CCC3)c1. The summed E-state index contributed by atoms with van der Waals surface area (Å²) in [7, 11) is 0. The van der Waals surface area contributed by atoms with Crippen LogP contribution in [0.3, 0.4) is 0 Å². The number of rotatable bonds is 6. The van der Waals surface area contributed by atoms with Crippen LogP contribution in [0, 0.1) is 41.1 Å². The molecule has 0 aromatic heterocycles. The van der Waals surface area contributed by atoms with Crippen molar-refractivity contribution in [3.8, 4) is 11.8 Å². The largest absolute Gasteiger partial charge is 0.489 e. The molecule has 208 valence electrons. The highest BCUT2D eigenvalue weighted by molar-refractivity contribution is 6.31. The number of nitrogens with two attached hydrogens (primary N) is 1. The molecule has 5 rings (SSSR count). The maximum absolute atomic E-state index is 13.6. The quantitative estimate of drug-likeness (QED) is 0.252. The first-order chi connectivity index (χ1) is 19.6. The van der Waals surface area contributed by atoms with E-state index in [4.69, 9.17) is 22.1 Å². The summed E-state index contributed by atoms with van der Waals surface area (Å²) in [6, 6.07) is 16.0. The summed E-state index contributed by atoms with van der Waals surface area (Å²) in [6.07, 6.45) is 1.28. The van der Waals surface area contributed by atoms with Crippen molar-refractivity contribution in [2.75, 3.05) is 4.90 Å². The first-order valence-electron chi connectivity index (χ1n) is 13.0. The van der Waals surface area contributed by atoms with E-state index in [1.165, 1.54) is 35.2 Å². The molecular weight excluding hydrogens is 547 g/mol. The molecule has 1 atom stereocenters. The summed E-state index contributed by atoms with van der Waals surface area (Å²) >= 11 is 6.06. The highest BCUT2D eigenvalue weighted by atomic mass is 35.5. The minimum atomic E-state index is -0.755. The molecule has 0 spiro atoms. The lowest BCUT2D eigenvalue weighted by atomic mass is 9.73. The fourth-order valence-corrected chi connectivity index (χ4v) is 5.78. The Morgan fingerprint density at radius 1 is 1.17 bits per heavy atom. The summed E-state index contributed by atoms with van der Waals surface area (Å²) in [4.78, 5) is 26.5. The van der Waals surface area contributed by atoms with Gasteiger partial charge in [0.25, 0.3) is 5.69 Å². The molecule has 1 heterocycles. The van der Waals surface area contributed by atoms with Gasteiger partial charge in [-0.3, -0.25) is 19.8 Å². The number of allylic oxidation sites excluding steroid dienone is 3. The van der Waals surface area contributed by atoms with Gasteiger partial charge in [0.15, 0.2) is 5.78 Å². The van der Waals surface area contributed by atoms with Gasteiger partial charge in [-0.05, 0) is 79.8 Å². The zero-order chi connectivity index (χ0) is 29.4. The minimum Gasteiger partial charge on any atom is -0.489 e. The first-order valence-corrected chi connectivity index (χ1v) is 13.4. The van der Waals surface area contributed by atoms with Crippen LogP contribution in [0.25, 0.3) is 0 Å². The molecule has 0 saturated heterocycles. The van der Waals surface area contributed by atoms with E-state index >= 15 is 0 Å². The van der Waals surface area contributed by atoms with Gasteiger partial charge in [-0.15, -0.1) is 0 Å². The molecule has 2 aliphatic rings. The highest BCUT2D eigenvalue weighted by Crippen LogP contribution is 2.49. The standard InChI is InChI=1S/C31H26ClFN4O4/c1-17-12-19(16-41-22-9-7-21(33)8-10-22)18(2)23(13-17)29-24(15-34)31(35)36(26-4-3-5-28(38)30(26)29)25-11-6-20(32)14-27(25)37(39)40/h6-14,29H,3-5,16,35H2,1-2H3. The minimum absolute atomic E-state index is 0.0291. The van der Waals surface area contributed by atoms with Gasteiger partial charge in [0.1, 0.15) is 29.7 Å². The number of benzene rings is 3. The number of carbonyl (C=O) groups excluding carboxylic acids is 1. The lowest BCUT2D eigenvalue weighted by Gasteiger charge is -2.40. The summed E-state index contributed by atoms with van der Waals surface area (Å²) in [5, 5.41) is 22.6. The number of hydrogen-bond acceptors (Lipinski definition) is 7.